The Hall–Kier alpha value is -1.24. The molecule has 0 aliphatic heterocycles. The number of halogens is 2. The van der Waals surface area contributed by atoms with Crippen LogP contribution in [0.25, 0.3) is 0 Å². The third-order valence-electron chi connectivity index (χ3n) is 1.24. The fourth-order valence-electron chi connectivity index (χ4n) is 0.560. The number of esters is 2. The lowest BCUT2D eigenvalue weighted by atomic mass is 10.4. The average molecular weight is 226 g/mol. The second kappa shape index (κ2) is 5.59. The molecule has 0 heterocycles. The highest BCUT2D eigenvalue weighted by Crippen LogP contribution is 2.13. The van der Waals surface area contributed by atoms with Crippen LogP contribution in [-0.2, 0) is 19.1 Å². The number of hydrogen-bond acceptors (Lipinski definition) is 5. The summed E-state index contributed by atoms with van der Waals surface area (Å²) in [6.45, 7) is 0.458. The monoisotopic (exact) mass is 226 g/mol. The number of rotatable bonds is 5. The Balaban J connectivity index is 3.76. The van der Waals surface area contributed by atoms with Crippen LogP contribution in [0.4, 0.5) is 8.78 Å². The van der Waals surface area contributed by atoms with E-state index in [1.807, 2.05) is 0 Å². The van der Waals surface area contributed by atoms with E-state index in [-0.39, 0.29) is 0 Å². The van der Waals surface area contributed by atoms with Gasteiger partial charge in [0.2, 0.25) is 0 Å². The molecule has 1 unspecified atom stereocenters. The second-order valence-corrected chi connectivity index (χ2v) is 2.94. The first-order valence-electron chi connectivity index (χ1n) is 4.10. The van der Waals surface area contributed by atoms with Crippen molar-refractivity contribution >= 4 is 11.9 Å². The number of hydrogen-bond donors (Lipinski definition) is 1. The molecule has 5 nitrogen and oxygen atoms in total. The quantitative estimate of drug-likeness (QED) is 0.673. The molecule has 7 heteroatoms. The molecule has 15 heavy (non-hydrogen) atoms. The lowest BCUT2D eigenvalue weighted by molar-refractivity contribution is -0.173. The van der Waals surface area contributed by atoms with Gasteiger partial charge in [0, 0.05) is 13.8 Å². The molecule has 0 aliphatic carbocycles. The van der Waals surface area contributed by atoms with Gasteiger partial charge in [-0.05, 0) is 0 Å². The summed E-state index contributed by atoms with van der Waals surface area (Å²) in [7, 11) is 0. The Morgan fingerprint density at radius 1 is 1.33 bits per heavy atom. The summed E-state index contributed by atoms with van der Waals surface area (Å²) < 4.78 is 32.9. The van der Waals surface area contributed by atoms with Crippen molar-refractivity contribution in [2.24, 2.45) is 0 Å². The minimum absolute atomic E-state index is 0.383. The highest BCUT2D eigenvalue weighted by molar-refractivity contribution is 5.76. The van der Waals surface area contributed by atoms with Crippen molar-refractivity contribution in [2.45, 2.75) is 25.9 Å². The largest absolute Gasteiger partial charge is 0.463 e. The maximum absolute atomic E-state index is 12.2. The standard InChI is InChI=1S/C8H12F2O5/c1-5(11)14-3-6(12)4-15-7(13)8(2,9)10/h6,12H,3-4H2,1-2H3. The van der Waals surface area contributed by atoms with E-state index < -0.39 is 37.2 Å². The molecule has 0 aromatic rings. The van der Waals surface area contributed by atoms with Gasteiger partial charge in [-0.3, -0.25) is 4.79 Å². The van der Waals surface area contributed by atoms with E-state index in [2.05, 4.69) is 9.47 Å². The van der Waals surface area contributed by atoms with Gasteiger partial charge < -0.3 is 14.6 Å². The molecule has 0 aromatic carbocycles. The van der Waals surface area contributed by atoms with E-state index in [4.69, 9.17) is 5.11 Å². The third kappa shape index (κ3) is 6.78. The van der Waals surface area contributed by atoms with E-state index >= 15 is 0 Å². The van der Waals surface area contributed by atoms with Gasteiger partial charge in [-0.25, -0.2) is 4.79 Å². The molecular weight excluding hydrogens is 214 g/mol. The number of carbonyl (C=O) groups is 2. The number of ether oxygens (including phenoxy) is 2. The Bertz CT molecular complexity index is 236. The highest BCUT2D eigenvalue weighted by Gasteiger charge is 2.34. The maximum Gasteiger partial charge on any atom is 0.376 e. The Morgan fingerprint density at radius 2 is 1.80 bits per heavy atom. The van der Waals surface area contributed by atoms with Crippen LogP contribution in [0, 0.1) is 0 Å². The lowest BCUT2D eigenvalue weighted by Gasteiger charge is -2.13. The predicted molar refractivity (Wildman–Crippen MR) is 44.2 cm³/mol. The van der Waals surface area contributed by atoms with E-state index in [1.54, 1.807) is 0 Å². The van der Waals surface area contributed by atoms with Crippen LogP contribution in [0.2, 0.25) is 0 Å². The minimum Gasteiger partial charge on any atom is -0.463 e. The van der Waals surface area contributed by atoms with Crippen molar-refractivity contribution < 1.29 is 33.0 Å². The zero-order chi connectivity index (χ0) is 12.1. The molecule has 0 saturated heterocycles. The first kappa shape index (κ1) is 13.8. The van der Waals surface area contributed by atoms with Crippen LogP contribution in [-0.4, -0.2) is 42.3 Å². The fraction of sp³-hybridized carbons (Fsp3) is 0.750. The summed E-state index contributed by atoms with van der Waals surface area (Å²) >= 11 is 0. The molecule has 0 rings (SSSR count). The topological polar surface area (TPSA) is 72.8 Å². The molecule has 0 aliphatic rings. The SMILES string of the molecule is CC(=O)OCC(O)COC(=O)C(C)(F)F. The molecule has 0 amide bonds. The van der Waals surface area contributed by atoms with Crippen LogP contribution in [0.1, 0.15) is 13.8 Å². The van der Waals surface area contributed by atoms with Gasteiger partial charge in [-0.1, -0.05) is 0 Å². The smallest absolute Gasteiger partial charge is 0.376 e. The molecule has 0 bridgehead atoms. The first-order valence-corrected chi connectivity index (χ1v) is 4.10. The molecule has 0 fully saturated rings. The summed E-state index contributed by atoms with van der Waals surface area (Å²) in [6.07, 6.45) is -1.31. The van der Waals surface area contributed by atoms with Gasteiger partial charge >= 0.3 is 17.9 Å². The lowest BCUT2D eigenvalue weighted by Crippen LogP contribution is -2.31. The Labute approximate surface area is 85.0 Å². The summed E-state index contributed by atoms with van der Waals surface area (Å²) in [4.78, 5) is 20.8. The first-order chi connectivity index (χ1) is 6.73. The van der Waals surface area contributed by atoms with Crippen molar-refractivity contribution in [2.75, 3.05) is 13.2 Å². The van der Waals surface area contributed by atoms with Gasteiger partial charge in [0.1, 0.15) is 19.3 Å². The van der Waals surface area contributed by atoms with Crippen LogP contribution in [0.5, 0.6) is 0 Å². The van der Waals surface area contributed by atoms with Crippen LogP contribution in [0.3, 0.4) is 0 Å². The normalized spacial score (nSPS) is 13.1. The Morgan fingerprint density at radius 3 is 2.20 bits per heavy atom. The predicted octanol–water partition coefficient (Wildman–Crippen LogP) is 0.109. The van der Waals surface area contributed by atoms with Gasteiger partial charge in [-0.2, -0.15) is 8.78 Å². The molecular formula is C8H12F2O5. The van der Waals surface area contributed by atoms with Gasteiger partial charge in [-0.15, -0.1) is 0 Å². The number of carbonyl (C=O) groups excluding carboxylic acids is 2. The molecule has 0 spiro atoms. The van der Waals surface area contributed by atoms with Gasteiger partial charge in [0.15, 0.2) is 0 Å². The highest BCUT2D eigenvalue weighted by atomic mass is 19.3. The third-order valence-corrected chi connectivity index (χ3v) is 1.24. The number of alkyl halides is 2. The second-order valence-electron chi connectivity index (χ2n) is 2.94. The van der Waals surface area contributed by atoms with Crippen molar-refractivity contribution in [3.8, 4) is 0 Å². The van der Waals surface area contributed by atoms with Crippen molar-refractivity contribution in [3.05, 3.63) is 0 Å². The zero-order valence-corrected chi connectivity index (χ0v) is 8.33. The maximum atomic E-state index is 12.2. The van der Waals surface area contributed by atoms with Crippen molar-refractivity contribution in [1.29, 1.82) is 0 Å². The fourth-order valence-corrected chi connectivity index (χ4v) is 0.560. The molecule has 1 N–H and O–H groups in total. The summed E-state index contributed by atoms with van der Waals surface area (Å²) in [5, 5.41) is 9.01. The Kier molecular flexibility index (Phi) is 5.13. The van der Waals surface area contributed by atoms with Gasteiger partial charge in [0.25, 0.3) is 0 Å². The molecule has 88 valence electrons. The van der Waals surface area contributed by atoms with E-state index in [0.29, 0.717) is 6.92 Å². The molecule has 0 aromatic heterocycles. The van der Waals surface area contributed by atoms with Crippen molar-refractivity contribution in [3.63, 3.8) is 0 Å². The van der Waals surface area contributed by atoms with E-state index in [9.17, 15) is 18.4 Å². The van der Waals surface area contributed by atoms with Gasteiger partial charge in [0.05, 0.1) is 0 Å². The van der Waals surface area contributed by atoms with Crippen LogP contribution < -0.4 is 0 Å². The molecule has 0 saturated carbocycles. The minimum atomic E-state index is -3.60. The number of aliphatic hydroxyl groups is 1. The van der Waals surface area contributed by atoms with Crippen molar-refractivity contribution in [1.82, 2.24) is 0 Å². The summed E-state index contributed by atoms with van der Waals surface area (Å²) in [6, 6.07) is 0. The van der Waals surface area contributed by atoms with Crippen LogP contribution in [0.15, 0.2) is 0 Å². The summed E-state index contributed by atoms with van der Waals surface area (Å²) in [5.41, 5.74) is 0. The molecule has 0 radical (unpaired) electrons. The zero-order valence-electron chi connectivity index (χ0n) is 8.33. The average Bonchev–Trinajstić information content (AvgIpc) is 2.09. The summed E-state index contributed by atoms with van der Waals surface area (Å²) in [5.74, 6) is -5.95. The van der Waals surface area contributed by atoms with E-state index in [1.165, 1.54) is 0 Å². The van der Waals surface area contributed by atoms with Crippen LogP contribution >= 0.6 is 0 Å². The van der Waals surface area contributed by atoms with E-state index in [0.717, 1.165) is 6.92 Å². The number of aliphatic hydroxyl groups excluding tert-OH is 1. The molecule has 1 atom stereocenters.